The van der Waals surface area contributed by atoms with Crippen molar-refractivity contribution in [3.8, 4) is 0 Å². The Balaban J connectivity index is 2.11. The number of nitrogens with two attached hydrogens (primary N) is 1. The summed E-state index contributed by atoms with van der Waals surface area (Å²) in [7, 11) is 0. The third kappa shape index (κ3) is 2.46. The van der Waals surface area contributed by atoms with E-state index in [1.54, 1.807) is 36.5 Å². The molecule has 0 aliphatic heterocycles. The van der Waals surface area contributed by atoms with Crippen molar-refractivity contribution < 1.29 is 4.92 Å². The van der Waals surface area contributed by atoms with E-state index in [0.717, 1.165) is 11.4 Å². The van der Waals surface area contributed by atoms with Crippen LogP contribution in [0.5, 0.6) is 0 Å². The van der Waals surface area contributed by atoms with Crippen LogP contribution in [0.4, 0.5) is 22.7 Å². The molecule has 1 heterocycles. The Hall–Kier alpha value is -3.15. The monoisotopic (exact) mass is 280 g/mol. The number of fused-ring (bicyclic) bond motifs is 1. The summed E-state index contributed by atoms with van der Waals surface area (Å²) in [6.45, 7) is 0. The number of nitrogens with one attached hydrogen (secondary N) is 1. The van der Waals surface area contributed by atoms with Crippen LogP contribution in [0, 0.1) is 10.1 Å². The first-order valence-corrected chi connectivity index (χ1v) is 6.30. The molecule has 0 radical (unpaired) electrons. The highest BCUT2D eigenvalue weighted by Gasteiger charge is 2.14. The molecule has 0 atom stereocenters. The number of para-hydroxylation sites is 1. The Kier molecular flexibility index (Phi) is 3.12. The predicted octanol–water partition coefficient (Wildman–Crippen LogP) is 3.47. The highest BCUT2D eigenvalue weighted by atomic mass is 16.6. The second-order valence-electron chi connectivity index (χ2n) is 4.54. The summed E-state index contributed by atoms with van der Waals surface area (Å²) in [5.41, 5.74) is 8.30. The minimum absolute atomic E-state index is 0.0104. The number of rotatable bonds is 3. The molecule has 1 aromatic heterocycles. The van der Waals surface area contributed by atoms with Gasteiger partial charge < -0.3 is 11.1 Å². The van der Waals surface area contributed by atoms with Crippen molar-refractivity contribution >= 4 is 33.7 Å². The number of non-ortho nitro benzene ring substituents is 1. The molecule has 104 valence electrons. The Morgan fingerprint density at radius 1 is 1.14 bits per heavy atom. The Morgan fingerprint density at radius 2 is 1.95 bits per heavy atom. The maximum Gasteiger partial charge on any atom is 0.295 e. The SMILES string of the molecule is Nc1cccc(Nc2ccnc3c([N+](=O)[O-])cccc23)c1. The summed E-state index contributed by atoms with van der Waals surface area (Å²) < 4.78 is 0. The van der Waals surface area contributed by atoms with E-state index in [0.29, 0.717) is 16.6 Å². The molecule has 0 saturated carbocycles. The first-order chi connectivity index (χ1) is 10.1. The van der Waals surface area contributed by atoms with Crippen molar-refractivity contribution in [1.82, 2.24) is 4.98 Å². The summed E-state index contributed by atoms with van der Waals surface area (Å²) in [4.78, 5) is 14.7. The van der Waals surface area contributed by atoms with Crippen LogP contribution in [0.15, 0.2) is 54.7 Å². The number of anilines is 3. The fourth-order valence-electron chi connectivity index (χ4n) is 2.19. The summed E-state index contributed by atoms with van der Waals surface area (Å²) >= 11 is 0. The van der Waals surface area contributed by atoms with Crippen LogP contribution in [0.25, 0.3) is 10.9 Å². The molecule has 0 saturated heterocycles. The molecule has 6 heteroatoms. The van der Waals surface area contributed by atoms with Crippen molar-refractivity contribution in [2.24, 2.45) is 0 Å². The number of hydrogen-bond donors (Lipinski definition) is 2. The number of benzene rings is 2. The number of nitro groups is 1. The molecule has 2 aromatic carbocycles. The number of hydrogen-bond acceptors (Lipinski definition) is 5. The van der Waals surface area contributed by atoms with E-state index in [2.05, 4.69) is 10.3 Å². The molecule has 0 amide bonds. The topological polar surface area (TPSA) is 94.1 Å². The van der Waals surface area contributed by atoms with E-state index in [-0.39, 0.29) is 5.69 Å². The van der Waals surface area contributed by atoms with Gasteiger partial charge in [0.1, 0.15) is 5.52 Å². The average Bonchev–Trinajstić information content (AvgIpc) is 2.47. The number of aromatic nitrogens is 1. The van der Waals surface area contributed by atoms with Crippen LogP contribution in [0.2, 0.25) is 0 Å². The minimum atomic E-state index is -0.431. The first kappa shape index (κ1) is 12.9. The maximum atomic E-state index is 11.1. The molecule has 3 aromatic rings. The molecule has 0 bridgehead atoms. The van der Waals surface area contributed by atoms with Crippen LogP contribution >= 0.6 is 0 Å². The van der Waals surface area contributed by atoms with Gasteiger partial charge in [0.15, 0.2) is 0 Å². The lowest BCUT2D eigenvalue weighted by molar-refractivity contribution is -0.383. The molecule has 21 heavy (non-hydrogen) atoms. The zero-order chi connectivity index (χ0) is 14.8. The molecule has 0 aliphatic carbocycles. The number of nitrogens with zero attached hydrogens (tertiary/aromatic N) is 2. The molecule has 0 fully saturated rings. The van der Waals surface area contributed by atoms with Crippen LogP contribution in [-0.2, 0) is 0 Å². The van der Waals surface area contributed by atoms with Crippen molar-refractivity contribution in [2.75, 3.05) is 11.1 Å². The van der Waals surface area contributed by atoms with Crippen LogP contribution in [-0.4, -0.2) is 9.91 Å². The van der Waals surface area contributed by atoms with E-state index < -0.39 is 4.92 Å². The summed E-state index contributed by atoms with van der Waals surface area (Å²) in [6.07, 6.45) is 1.55. The van der Waals surface area contributed by atoms with Gasteiger partial charge in [0, 0.05) is 34.7 Å². The second kappa shape index (κ2) is 5.09. The van der Waals surface area contributed by atoms with E-state index >= 15 is 0 Å². The normalized spacial score (nSPS) is 10.5. The smallest absolute Gasteiger partial charge is 0.295 e. The number of pyridine rings is 1. The van der Waals surface area contributed by atoms with E-state index in [4.69, 9.17) is 5.73 Å². The highest BCUT2D eigenvalue weighted by molar-refractivity contribution is 5.97. The first-order valence-electron chi connectivity index (χ1n) is 6.30. The molecule has 0 spiro atoms. The molecule has 0 aliphatic rings. The summed E-state index contributed by atoms with van der Waals surface area (Å²) in [5.74, 6) is 0. The lowest BCUT2D eigenvalue weighted by Crippen LogP contribution is -1.96. The fraction of sp³-hybridized carbons (Fsp3) is 0. The predicted molar refractivity (Wildman–Crippen MR) is 82.5 cm³/mol. The lowest BCUT2D eigenvalue weighted by atomic mass is 10.1. The van der Waals surface area contributed by atoms with Crippen molar-refractivity contribution in [2.45, 2.75) is 0 Å². The van der Waals surface area contributed by atoms with Gasteiger partial charge in [0.25, 0.3) is 5.69 Å². The molecular formula is C15H12N4O2. The van der Waals surface area contributed by atoms with E-state index in [1.807, 2.05) is 12.1 Å². The van der Waals surface area contributed by atoms with Crippen LogP contribution in [0.3, 0.4) is 0 Å². The van der Waals surface area contributed by atoms with Gasteiger partial charge in [-0.3, -0.25) is 10.1 Å². The van der Waals surface area contributed by atoms with Crippen LogP contribution < -0.4 is 11.1 Å². The van der Waals surface area contributed by atoms with Crippen molar-refractivity contribution in [1.29, 1.82) is 0 Å². The average molecular weight is 280 g/mol. The third-order valence-electron chi connectivity index (χ3n) is 3.11. The van der Waals surface area contributed by atoms with Gasteiger partial charge in [-0.15, -0.1) is 0 Å². The Bertz CT molecular complexity index is 833. The standard InChI is InChI=1S/C15H12N4O2/c16-10-3-1-4-11(9-10)18-13-7-8-17-15-12(13)5-2-6-14(15)19(20)21/h1-9H,16H2,(H,17,18). The zero-order valence-corrected chi connectivity index (χ0v) is 11.0. The van der Waals surface area contributed by atoms with E-state index in [1.165, 1.54) is 6.07 Å². The van der Waals surface area contributed by atoms with Gasteiger partial charge in [0.05, 0.1) is 4.92 Å². The van der Waals surface area contributed by atoms with Gasteiger partial charge in [-0.2, -0.15) is 0 Å². The minimum Gasteiger partial charge on any atom is -0.399 e. The van der Waals surface area contributed by atoms with Gasteiger partial charge in [0.2, 0.25) is 0 Å². The summed E-state index contributed by atoms with van der Waals surface area (Å²) in [5, 5.41) is 15.0. The molecular weight excluding hydrogens is 268 g/mol. The fourth-order valence-corrected chi connectivity index (χ4v) is 2.19. The van der Waals surface area contributed by atoms with Gasteiger partial charge >= 0.3 is 0 Å². The Morgan fingerprint density at radius 3 is 2.71 bits per heavy atom. The number of nitro benzene ring substituents is 1. The molecule has 6 nitrogen and oxygen atoms in total. The third-order valence-corrected chi connectivity index (χ3v) is 3.11. The molecule has 3 rings (SSSR count). The molecule has 3 N–H and O–H groups in total. The quantitative estimate of drug-likeness (QED) is 0.435. The van der Waals surface area contributed by atoms with Gasteiger partial charge in [-0.1, -0.05) is 18.2 Å². The summed E-state index contributed by atoms with van der Waals surface area (Å²) in [6, 6.07) is 14.0. The van der Waals surface area contributed by atoms with Gasteiger partial charge in [-0.25, -0.2) is 4.98 Å². The van der Waals surface area contributed by atoms with Gasteiger partial charge in [-0.05, 0) is 24.3 Å². The molecule has 0 unspecified atom stereocenters. The van der Waals surface area contributed by atoms with Crippen LogP contribution in [0.1, 0.15) is 0 Å². The lowest BCUT2D eigenvalue weighted by Gasteiger charge is -2.10. The zero-order valence-electron chi connectivity index (χ0n) is 11.0. The number of nitrogen functional groups attached to an aromatic ring is 1. The largest absolute Gasteiger partial charge is 0.399 e. The second-order valence-corrected chi connectivity index (χ2v) is 4.54. The van der Waals surface area contributed by atoms with Crippen molar-refractivity contribution in [3.05, 3.63) is 64.8 Å². The highest BCUT2D eigenvalue weighted by Crippen LogP contribution is 2.30. The maximum absolute atomic E-state index is 11.1. The Labute approximate surface area is 120 Å². The van der Waals surface area contributed by atoms with E-state index in [9.17, 15) is 10.1 Å². The van der Waals surface area contributed by atoms with Crippen molar-refractivity contribution in [3.63, 3.8) is 0 Å².